The number of hydrogen-bond acceptors (Lipinski definition) is 4. The summed E-state index contributed by atoms with van der Waals surface area (Å²) < 4.78 is 41.5. The highest BCUT2D eigenvalue weighted by Gasteiger charge is 2.20. The molecule has 0 bridgehead atoms. The van der Waals surface area contributed by atoms with Crippen LogP contribution in [0.2, 0.25) is 0 Å². The van der Waals surface area contributed by atoms with E-state index >= 15 is 0 Å². The van der Waals surface area contributed by atoms with Gasteiger partial charge in [0.25, 0.3) is 0 Å². The molecule has 0 spiro atoms. The monoisotopic (exact) mass is 261 g/mol. The Hall–Kier alpha value is -1.14. The molecule has 0 aliphatic heterocycles. The molecule has 2 N–H and O–H groups in total. The van der Waals surface area contributed by atoms with E-state index in [0.29, 0.717) is 17.9 Å². The molecule has 1 rings (SSSR count). The quantitative estimate of drug-likeness (QED) is 0.887. The largest absolute Gasteiger partial charge is 0.496 e. The van der Waals surface area contributed by atoms with Gasteiger partial charge in [0.2, 0.25) is 0 Å². The molecule has 0 aliphatic rings. The van der Waals surface area contributed by atoms with Gasteiger partial charge in [-0.15, -0.1) is 0 Å². The van der Waals surface area contributed by atoms with Crippen LogP contribution in [0.15, 0.2) is 17.0 Å². The van der Waals surface area contributed by atoms with Gasteiger partial charge in [-0.25, -0.2) is 12.8 Å². The highest BCUT2D eigenvalue weighted by Crippen LogP contribution is 2.30. The average molecular weight is 261 g/mol. The first-order valence-electron chi connectivity index (χ1n) is 5.08. The molecule has 1 aromatic carbocycles. The van der Waals surface area contributed by atoms with Gasteiger partial charge in [-0.05, 0) is 18.5 Å². The van der Waals surface area contributed by atoms with Crippen molar-refractivity contribution in [2.45, 2.75) is 17.7 Å². The molecule has 0 amide bonds. The van der Waals surface area contributed by atoms with Crippen LogP contribution < -0.4 is 10.5 Å². The first-order chi connectivity index (χ1) is 7.81. The highest BCUT2D eigenvalue weighted by atomic mass is 32.2. The lowest BCUT2D eigenvalue weighted by Gasteiger charge is -2.15. The van der Waals surface area contributed by atoms with E-state index in [2.05, 4.69) is 0 Å². The van der Waals surface area contributed by atoms with Crippen LogP contribution in [0.1, 0.15) is 18.4 Å². The van der Waals surface area contributed by atoms with Crippen molar-refractivity contribution in [3.63, 3.8) is 0 Å². The summed E-state index contributed by atoms with van der Waals surface area (Å²) in [6.07, 6.45) is 0.955. The first-order valence-corrected chi connectivity index (χ1v) is 6.98. The second-order valence-electron chi connectivity index (χ2n) is 3.93. The predicted molar refractivity (Wildman–Crippen MR) is 63.5 cm³/mol. The minimum atomic E-state index is -3.60. The summed E-state index contributed by atoms with van der Waals surface area (Å²) in [5.74, 6) is -0.540. The summed E-state index contributed by atoms with van der Waals surface area (Å²) >= 11 is 0. The topological polar surface area (TPSA) is 69.4 Å². The summed E-state index contributed by atoms with van der Waals surface area (Å²) in [7, 11) is -2.19. The SMILES string of the molecule is COc1cc(S(C)(=O)=O)c(F)cc1C(C)CN. The zero-order valence-corrected chi connectivity index (χ0v) is 10.8. The average Bonchev–Trinajstić information content (AvgIpc) is 2.26. The number of nitrogens with two attached hydrogens (primary N) is 1. The van der Waals surface area contributed by atoms with Crippen molar-refractivity contribution in [3.8, 4) is 5.75 Å². The van der Waals surface area contributed by atoms with Gasteiger partial charge in [0, 0.05) is 17.9 Å². The van der Waals surface area contributed by atoms with Crippen LogP contribution in [-0.2, 0) is 9.84 Å². The Bertz CT molecular complexity index is 514. The van der Waals surface area contributed by atoms with Gasteiger partial charge in [-0.2, -0.15) is 0 Å². The summed E-state index contributed by atoms with van der Waals surface area (Å²) in [5, 5.41) is 0. The van der Waals surface area contributed by atoms with E-state index in [1.807, 2.05) is 6.92 Å². The van der Waals surface area contributed by atoms with Crippen molar-refractivity contribution in [2.75, 3.05) is 19.9 Å². The summed E-state index contributed by atoms with van der Waals surface area (Å²) in [4.78, 5) is -0.359. The molecule has 1 aromatic rings. The van der Waals surface area contributed by atoms with Crippen LogP contribution in [0.5, 0.6) is 5.75 Å². The fourth-order valence-corrected chi connectivity index (χ4v) is 2.26. The minimum Gasteiger partial charge on any atom is -0.496 e. The molecule has 1 atom stereocenters. The molecule has 1 unspecified atom stereocenters. The minimum absolute atomic E-state index is 0.104. The van der Waals surface area contributed by atoms with Gasteiger partial charge in [0.05, 0.1) is 7.11 Å². The first kappa shape index (κ1) is 13.9. The third-order valence-electron chi connectivity index (χ3n) is 2.57. The van der Waals surface area contributed by atoms with Crippen molar-refractivity contribution >= 4 is 9.84 Å². The van der Waals surface area contributed by atoms with Gasteiger partial charge in [-0.3, -0.25) is 0 Å². The number of rotatable bonds is 4. The molecule has 0 aliphatic carbocycles. The van der Waals surface area contributed by atoms with Crippen LogP contribution >= 0.6 is 0 Å². The maximum absolute atomic E-state index is 13.7. The fraction of sp³-hybridized carbons (Fsp3) is 0.455. The molecular formula is C11H16FNO3S. The normalized spacial score (nSPS) is 13.5. The molecule has 4 nitrogen and oxygen atoms in total. The molecule has 17 heavy (non-hydrogen) atoms. The van der Waals surface area contributed by atoms with E-state index in [-0.39, 0.29) is 10.8 Å². The molecule has 96 valence electrons. The number of ether oxygens (including phenoxy) is 1. The third-order valence-corrected chi connectivity index (χ3v) is 3.68. The van der Waals surface area contributed by atoms with E-state index in [1.54, 1.807) is 0 Å². The van der Waals surface area contributed by atoms with Crippen LogP contribution in [0.25, 0.3) is 0 Å². The Kier molecular flexibility index (Phi) is 4.11. The molecule has 0 fully saturated rings. The Balaban J connectivity index is 3.45. The smallest absolute Gasteiger partial charge is 0.178 e. The van der Waals surface area contributed by atoms with Gasteiger partial charge in [0.1, 0.15) is 16.5 Å². The second kappa shape index (κ2) is 5.01. The molecule has 0 aromatic heterocycles. The van der Waals surface area contributed by atoms with Crippen LogP contribution in [0.3, 0.4) is 0 Å². The maximum atomic E-state index is 13.7. The predicted octanol–water partition coefficient (Wildman–Crippen LogP) is 1.30. The van der Waals surface area contributed by atoms with E-state index in [4.69, 9.17) is 10.5 Å². The lowest BCUT2D eigenvalue weighted by Crippen LogP contribution is -2.12. The van der Waals surface area contributed by atoms with E-state index in [0.717, 1.165) is 6.26 Å². The molecule has 0 heterocycles. The number of sulfone groups is 1. The van der Waals surface area contributed by atoms with Gasteiger partial charge >= 0.3 is 0 Å². The number of halogens is 1. The van der Waals surface area contributed by atoms with Crippen molar-refractivity contribution < 1.29 is 17.5 Å². The Morgan fingerprint density at radius 1 is 1.47 bits per heavy atom. The summed E-state index contributed by atoms with van der Waals surface area (Å²) in [6, 6.07) is 2.37. The van der Waals surface area contributed by atoms with Crippen molar-refractivity contribution in [2.24, 2.45) is 5.73 Å². The van der Waals surface area contributed by atoms with Crippen molar-refractivity contribution in [1.29, 1.82) is 0 Å². The van der Waals surface area contributed by atoms with Crippen LogP contribution in [-0.4, -0.2) is 28.3 Å². The lowest BCUT2D eigenvalue weighted by molar-refractivity contribution is 0.402. The van der Waals surface area contributed by atoms with Gasteiger partial charge in [0.15, 0.2) is 9.84 Å². The maximum Gasteiger partial charge on any atom is 0.178 e. The van der Waals surface area contributed by atoms with Crippen LogP contribution in [0, 0.1) is 5.82 Å². The summed E-state index contributed by atoms with van der Waals surface area (Å²) in [6.45, 7) is 2.14. The number of methoxy groups -OCH3 is 1. The molecule has 6 heteroatoms. The molecule has 0 saturated carbocycles. The third kappa shape index (κ3) is 2.95. The second-order valence-corrected chi connectivity index (χ2v) is 5.92. The van der Waals surface area contributed by atoms with Gasteiger partial charge in [-0.1, -0.05) is 6.92 Å². The summed E-state index contributed by atoms with van der Waals surface area (Å²) in [5.41, 5.74) is 6.07. The molecular weight excluding hydrogens is 245 g/mol. The fourth-order valence-electron chi connectivity index (χ4n) is 1.52. The Morgan fingerprint density at radius 3 is 2.47 bits per heavy atom. The number of benzene rings is 1. The number of hydrogen-bond donors (Lipinski definition) is 1. The van der Waals surface area contributed by atoms with E-state index in [1.165, 1.54) is 19.2 Å². The Labute approximate surface area is 101 Å². The molecule has 0 radical (unpaired) electrons. The van der Waals surface area contributed by atoms with Crippen molar-refractivity contribution in [1.82, 2.24) is 0 Å². The highest BCUT2D eigenvalue weighted by molar-refractivity contribution is 7.90. The van der Waals surface area contributed by atoms with Gasteiger partial charge < -0.3 is 10.5 Å². The zero-order valence-electron chi connectivity index (χ0n) is 10.0. The lowest BCUT2D eigenvalue weighted by atomic mass is 10.0. The van der Waals surface area contributed by atoms with E-state index in [9.17, 15) is 12.8 Å². The standard InChI is InChI=1S/C11H16FNO3S/c1-7(6-13)8-4-9(12)11(17(3,14)15)5-10(8)16-2/h4-5,7H,6,13H2,1-3H3. The van der Waals surface area contributed by atoms with Crippen molar-refractivity contribution in [3.05, 3.63) is 23.5 Å². The van der Waals surface area contributed by atoms with E-state index < -0.39 is 15.7 Å². The molecule has 0 saturated heterocycles. The Morgan fingerprint density at radius 2 is 2.06 bits per heavy atom. The zero-order chi connectivity index (χ0) is 13.2. The van der Waals surface area contributed by atoms with Crippen LogP contribution in [0.4, 0.5) is 4.39 Å².